The summed E-state index contributed by atoms with van der Waals surface area (Å²) < 4.78 is 0.742. The van der Waals surface area contributed by atoms with Crippen LogP contribution >= 0.6 is 15.9 Å². The third kappa shape index (κ3) is 3.57. The van der Waals surface area contributed by atoms with Gasteiger partial charge in [0.05, 0.1) is 4.92 Å². The smallest absolute Gasteiger partial charge is 0.270 e. The zero-order valence-electron chi connectivity index (χ0n) is 11.1. The molecule has 0 spiro atoms. The van der Waals surface area contributed by atoms with E-state index in [-0.39, 0.29) is 5.69 Å². The SMILES string of the molecule is CCc1cccc(NCc2ccc([N+](=O)[O-])cc2Br)c1. The Bertz CT molecular complexity index is 629. The summed E-state index contributed by atoms with van der Waals surface area (Å²) >= 11 is 3.37. The molecule has 0 aliphatic carbocycles. The van der Waals surface area contributed by atoms with Crippen LogP contribution < -0.4 is 5.32 Å². The number of anilines is 1. The number of nitrogens with one attached hydrogen (secondary N) is 1. The predicted molar refractivity (Wildman–Crippen MR) is 83.9 cm³/mol. The highest BCUT2D eigenvalue weighted by molar-refractivity contribution is 9.10. The number of halogens is 1. The lowest BCUT2D eigenvalue weighted by Gasteiger charge is -2.09. The Kier molecular flexibility index (Phi) is 4.74. The second kappa shape index (κ2) is 6.52. The number of nitro benzene ring substituents is 1. The van der Waals surface area contributed by atoms with Crippen LogP contribution in [0.1, 0.15) is 18.1 Å². The summed E-state index contributed by atoms with van der Waals surface area (Å²) in [7, 11) is 0. The molecule has 104 valence electrons. The first-order chi connectivity index (χ1) is 9.60. The Morgan fingerprint density at radius 1 is 1.25 bits per heavy atom. The van der Waals surface area contributed by atoms with E-state index in [9.17, 15) is 10.1 Å². The van der Waals surface area contributed by atoms with Crippen LogP contribution in [0.5, 0.6) is 0 Å². The van der Waals surface area contributed by atoms with Crippen molar-refractivity contribution in [2.24, 2.45) is 0 Å². The molecule has 0 atom stereocenters. The summed E-state index contributed by atoms with van der Waals surface area (Å²) in [6.45, 7) is 2.73. The molecule has 0 fully saturated rings. The third-order valence-corrected chi connectivity index (χ3v) is 3.80. The number of nitrogens with zero attached hydrogens (tertiary/aromatic N) is 1. The highest BCUT2D eigenvalue weighted by Gasteiger charge is 2.08. The van der Waals surface area contributed by atoms with Gasteiger partial charge in [-0.1, -0.05) is 35.0 Å². The topological polar surface area (TPSA) is 55.2 Å². The van der Waals surface area contributed by atoms with Crippen LogP contribution in [0.4, 0.5) is 11.4 Å². The highest BCUT2D eigenvalue weighted by atomic mass is 79.9. The van der Waals surface area contributed by atoms with Gasteiger partial charge in [0, 0.05) is 28.8 Å². The summed E-state index contributed by atoms with van der Waals surface area (Å²) in [5.41, 5.74) is 3.40. The van der Waals surface area contributed by atoms with E-state index in [0.29, 0.717) is 6.54 Å². The number of aryl methyl sites for hydroxylation is 1. The first-order valence-corrected chi connectivity index (χ1v) is 7.15. The molecule has 0 radical (unpaired) electrons. The molecule has 0 unspecified atom stereocenters. The molecule has 1 N–H and O–H groups in total. The van der Waals surface area contributed by atoms with Gasteiger partial charge in [0.2, 0.25) is 0 Å². The Labute approximate surface area is 126 Å². The van der Waals surface area contributed by atoms with Crippen molar-refractivity contribution < 1.29 is 4.92 Å². The second-order valence-electron chi connectivity index (χ2n) is 4.44. The van der Waals surface area contributed by atoms with Gasteiger partial charge >= 0.3 is 0 Å². The highest BCUT2D eigenvalue weighted by Crippen LogP contribution is 2.24. The maximum Gasteiger partial charge on any atom is 0.270 e. The fraction of sp³-hybridized carbons (Fsp3) is 0.200. The summed E-state index contributed by atoms with van der Waals surface area (Å²) in [4.78, 5) is 10.3. The van der Waals surface area contributed by atoms with Crippen molar-refractivity contribution in [3.8, 4) is 0 Å². The van der Waals surface area contributed by atoms with E-state index < -0.39 is 4.92 Å². The van der Waals surface area contributed by atoms with Gasteiger partial charge in [-0.3, -0.25) is 10.1 Å². The van der Waals surface area contributed by atoms with Crippen LogP contribution in [0.25, 0.3) is 0 Å². The average molecular weight is 335 g/mol. The van der Waals surface area contributed by atoms with Crippen molar-refractivity contribution in [1.29, 1.82) is 0 Å². The fourth-order valence-electron chi connectivity index (χ4n) is 1.89. The molecular formula is C15H15BrN2O2. The Morgan fingerprint density at radius 3 is 2.70 bits per heavy atom. The molecule has 0 aliphatic rings. The van der Waals surface area contributed by atoms with Crippen molar-refractivity contribution in [3.05, 3.63) is 68.2 Å². The molecule has 4 nitrogen and oxygen atoms in total. The molecule has 0 aliphatic heterocycles. The van der Waals surface area contributed by atoms with Crippen LogP contribution in [-0.4, -0.2) is 4.92 Å². The summed E-state index contributed by atoms with van der Waals surface area (Å²) in [6, 6.07) is 13.0. The predicted octanol–water partition coefficient (Wildman–Crippen LogP) is 4.53. The van der Waals surface area contributed by atoms with E-state index >= 15 is 0 Å². The van der Waals surface area contributed by atoms with Gasteiger partial charge in [-0.25, -0.2) is 0 Å². The normalized spacial score (nSPS) is 10.3. The number of hydrogen-bond donors (Lipinski definition) is 1. The minimum absolute atomic E-state index is 0.0913. The maximum absolute atomic E-state index is 10.7. The summed E-state index contributed by atoms with van der Waals surface area (Å²) in [5.74, 6) is 0. The van der Waals surface area contributed by atoms with Gasteiger partial charge in [0.25, 0.3) is 5.69 Å². The number of non-ortho nitro benzene ring substituents is 1. The van der Waals surface area contributed by atoms with Crippen LogP contribution in [0.2, 0.25) is 0 Å². The largest absolute Gasteiger partial charge is 0.381 e. The lowest BCUT2D eigenvalue weighted by Crippen LogP contribution is -2.01. The average Bonchev–Trinajstić information content (AvgIpc) is 2.46. The first-order valence-electron chi connectivity index (χ1n) is 6.35. The maximum atomic E-state index is 10.7. The van der Waals surface area contributed by atoms with Crippen molar-refractivity contribution in [2.45, 2.75) is 19.9 Å². The quantitative estimate of drug-likeness (QED) is 0.645. The lowest BCUT2D eigenvalue weighted by atomic mass is 10.1. The molecule has 0 bridgehead atoms. The van der Waals surface area contributed by atoms with Crippen molar-refractivity contribution >= 4 is 27.3 Å². The standard InChI is InChI=1S/C15H15BrN2O2/c1-2-11-4-3-5-13(8-11)17-10-12-6-7-14(18(19)20)9-15(12)16/h3-9,17H,2,10H2,1H3. The van der Waals surface area contributed by atoms with Gasteiger partial charge in [-0.05, 0) is 35.7 Å². The number of benzene rings is 2. The number of nitro groups is 1. The Hall–Kier alpha value is -1.88. The molecular weight excluding hydrogens is 320 g/mol. The van der Waals surface area contributed by atoms with Gasteiger partial charge in [0.1, 0.15) is 0 Å². The Balaban J connectivity index is 2.08. The van der Waals surface area contributed by atoms with Crippen LogP contribution in [0, 0.1) is 10.1 Å². The van der Waals surface area contributed by atoms with Crippen molar-refractivity contribution in [3.63, 3.8) is 0 Å². The van der Waals surface area contributed by atoms with Gasteiger partial charge in [-0.2, -0.15) is 0 Å². The van der Waals surface area contributed by atoms with Crippen LogP contribution in [-0.2, 0) is 13.0 Å². The molecule has 0 saturated heterocycles. The number of hydrogen-bond acceptors (Lipinski definition) is 3. The molecule has 0 aromatic heterocycles. The number of rotatable bonds is 5. The molecule has 0 saturated carbocycles. The van der Waals surface area contributed by atoms with Crippen LogP contribution in [0.3, 0.4) is 0 Å². The zero-order chi connectivity index (χ0) is 14.5. The molecule has 2 aromatic carbocycles. The fourth-order valence-corrected chi connectivity index (χ4v) is 2.40. The van der Waals surface area contributed by atoms with Crippen LogP contribution in [0.15, 0.2) is 46.9 Å². The monoisotopic (exact) mass is 334 g/mol. The zero-order valence-corrected chi connectivity index (χ0v) is 12.7. The molecule has 2 rings (SSSR count). The van der Waals surface area contributed by atoms with E-state index in [4.69, 9.17) is 0 Å². The van der Waals surface area contributed by atoms with Gasteiger partial charge < -0.3 is 5.32 Å². The van der Waals surface area contributed by atoms with Gasteiger partial charge in [0.15, 0.2) is 0 Å². The minimum atomic E-state index is -0.396. The summed E-state index contributed by atoms with van der Waals surface area (Å²) in [5, 5.41) is 14.0. The molecule has 0 heterocycles. The third-order valence-electron chi connectivity index (χ3n) is 3.07. The molecule has 20 heavy (non-hydrogen) atoms. The van der Waals surface area contributed by atoms with Gasteiger partial charge in [-0.15, -0.1) is 0 Å². The minimum Gasteiger partial charge on any atom is -0.381 e. The second-order valence-corrected chi connectivity index (χ2v) is 5.29. The lowest BCUT2D eigenvalue weighted by molar-refractivity contribution is -0.384. The molecule has 2 aromatic rings. The van der Waals surface area contributed by atoms with E-state index in [2.05, 4.69) is 40.3 Å². The van der Waals surface area contributed by atoms with E-state index in [1.807, 2.05) is 12.1 Å². The van der Waals surface area contributed by atoms with E-state index in [1.165, 1.54) is 17.7 Å². The molecule has 0 amide bonds. The summed E-state index contributed by atoms with van der Waals surface area (Å²) in [6.07, 6.45) is 0.997. The van der Waals surface area contributed by atoms with Crippen molar-refractivity contribution in [1.82, 2.24) is 0 Å². The first kappa shape index (κ1) is 14.5. The van der Waals surface area contributed by atoms with E-state index in [1.54, 1.807) is 6.07 Å². The van der Waals surface area contributed by atoms with Crippen molar-refractivity contribution in [2.75, 3.05) is 5.32 Å². The van der Waals surface area contributed by atoms with E-state index in [0.717, 1.165) is 22.1 Å². The molecule has 5 heteroatoms. The Morgan fingerprint density at radius 2 is 2.05 bits per heavy atom.